The third kappa shape index (κ3) is 3.31. The Labute approximate surface area is 159 Å². The number of likely N-dealkylation sites (tertiary alicyclic amines) is 1. The Bertz CT molecular complexity index is 856. The van der Waals surface area contributed by atoms with Crippen molar-refractivity contribution >= 4 is 15.9 Å². The van der Waals surface area contributed by atoms with Crippen molar-refractivity contribution in [3.63, 3.8) is 0 Å². The highest BCUT2D eigenvalue weighted by Gasteiger charge is 2.58. The largest absolute Gasteiger partial charge is 0.341 e. The minimum atomic E-state index is -3.29. The van der Waals surface area contributed by atoms with Crippen LogP contribution in [0.4, 0.5) is 0 Å². The Balaban J connectivity index is 1.58. The average molecular weight is 394 g/mol. The molecule has 1 unspecified atom stereocenters. The SMILES string of the molecule is CCS(=O)(=O)N[C@@H]1CC2CN(C(=O)C3CC=CC3)C[C@@]2(c2nc(C)no2)C1. The Kier molecular flexibility index (Phi) is 4.62. The first-order valence-corrected chi connectivity index (χ1v) is 11.2. The van der Waals surface area contributed by atoms with E-state index in [1.807, 2.05) is 4.90 Å². The van der Waals surface area contributed by atoms with Crippen molar-refractivity contribution < 1.29 is 17.7 Å². The van der Waals surface area contributed by atoms with Gasteiger partial charge in [0.15, 0.2) is 5.82 Å². The van der Waals surface area contributed by atoms with Gasteiger partial charge in [-0.25, -0.2) is 13.1 Å². The van der Waals surface area contributed by atoms with E-state index in [1.165, 1.54) is 0 Å². The van der Waals surface area contributed by atoms with Crippen LogP contribution in [0.1, 0.15) is 44.3 Å². The summed E-state index contributed by atoms with van der Waals surface area (Å²) in [6.45, 7) is 4.53. The summed E-state index contributed by atoms with van der Waals surface area (Å²) in [5.41, 5.74) is -0.468. The Morgan fingerprint density at radius 1 is 1.41 bits per heavy atom. The lowest BCUT2D eigenvalue weighted by Crippen LogP contribution is -2.41. The quantitative estimate of drug-likeness (QED) is 0.751. The number of sulfonamides is 1. The van der Waals surface area contributed by atoms with Gasteiger partial charge in [-0.3, -0.25) is 4.79 Å². The van der Waals surface area contributed by atoms with Crippen molar-refractivity contribution in [1.82, 2.24) is 19.8 Å². The third-order valence-electron chi connectivity index (χ3n) is 6.22. The van der Waals surface area contributed by atoms with Crippen LogP contribution in [0.25, 0.3) is 0 Å². The maximum atomic E-state index is 12.9. The van der Waals surface area contributed by atoms with E-state index in [1.54, 1.807) is 13.8 Å². The normalized spacial score (nSPS) is 31.0. The van der Waals surface area contributed by atoms with Gasteiger partial charge in [0.25, 0.3) is 0 Å². The molecule has 1 aliphatic heterocycles. The number of nitrogens with one attached hydrogen (secondary N) is 1. The van der Waals surface area contributed by atoms with Crippen LogP contribution in [-0.4, -0.2) is 54.2 Å². The molecule has 0 bridgehead atoms. The summed E-state index contributed by atoms with van der Waals surface area (Å²) >= 11 is 0. The Hall–Kier alpha value is -1.74. The molecule has 0 radical (unpaired) electrons. The number of nitrogens with zero attached hydrogens (tertiary/aromatic N) is 3. The molecule has 0 spiro atoms. The lowest BCUT2D eigenvalue weighted by molar-refractivity contribution is -0.134. The second kappa shape index (κ2) is 6.70. The lowest BCUT2D eigenvalue weighted by Gasteiger charge is -2.26. The molecule has 3 atom stereocenters. The van der Waals surface area contributed by atoms with Crippen molar-refractivity contribution in [2.45, 2.75) is 51.0 Å². The van der Waals surface area contributed by atoms with E-state index in [4.69, 9.17) is 4.52 Å². The molecule has 1 saturated heterocycles. The topological polar surface area (TPSA) is 105 Å². The summed E-state index contributed by atoms with van der Waals surface area (Å²) < 4.78 is 32.4. The van der Waals surface area contributed by atoms with Gasteiger partial charge in [0.05, 0.1) is 11.2 Å². The fraction of sp³-hybridized carbons (Fsp3) is 0.722. The van der Waals surface area contributed by atoms with Gasteiger partial charge in [-0.15, -0.1) is 0 Å². The number of rotatable bonds is 5. The number of fused-ring (bicyclic) bond motifs is 1. The molecule has 1 N–H and O–H groups in total. The molecule has 1 saturated carbocycles. The molecule has 148 valence electrons. The molecule has 9 heteroatoms. The van der Waals surface area contributed by atoms with Gasteiger partial charge < -0.3 is 9.42 Å². The highest BCUT2D eigenvalue weighted by Crippen LogP contribution is 2.50. The number of hydrogen-bond acceptors (Lipinski definition) is 6. The van der Waals surface area contributed by atoms with Crippen molar-refractivity contribution in [2.75, 3.05) is 18.8 Å². The number of carbonyl (C=O) groups is 1. The fourth-order valence-corrected chi connectivity index (χ4v) is 5.73. The van der Waals surface area contributed by atoms with Crippen LogP contribution in [0.2, 0.25) is 0 Å². The number of aromatic nitrogens is 2. The molecule has 1 aromatic heterocycles. The number of aryl methyl sites for hydroxylation is 1. The molecule has 4 rings (SSSR count). The number of carbonyl (C=O) groups excluding carboxylic acids is 1. The average Bonchev–Trinajstić information content (AvgIpc) is 3.36. The van der Waals surface area contributed by atoms with E-state index in [0.29, 0.717) is 37.6 Å². The van der Waals surface area contributed by atoms with E-state index in [-0.39, 0.29) is 29.5 Å². The second-order valence-corrected chi connectivity index (χ2v) is 10.1. The molecule has 2 aliphatic carbocycles. The summed E-state index contributed by atoms with van der Waals surface area (Å²) in [6.07, 6.45) is 6.97. The fourth-order valence-electron chi connectivity index (χ4n) is 4.87. The van der Waals surface area contributed by atoms with Crippen molar-refractivity contribution in [1.29, 1.82) is 0 Å². The highest BCUT2D eigenvalue weighted by atomic mass is 32.2. The standard InChI is InChI=1S/C18H26N4O4S/c1-3-27(24,25)21-15-8-14-10-22(16(23)13-6-4-5-7-13)11-18(14,9-15)17-19-12(2)20-26-17/h4-5,13-15,21H,3,6-11H2,1-2H3/t14?,15-,18+/m1/s1. The molecule has 0 aromatic carbocycles. The minimum absolute atomic E-state index is 0.0275. The number of hydrogen-bond donors (Lipinski definition) is 1. The highest BCUT2D eigenvalue weighted by molar-refractivity contribution is 7.89. The van der Waals surface area contributed by atoms with Gasteiger partial charge >= 0.3 is 0 Å². The van der Waals surface area contributed by atoms with Crippen LogP contribution in [0.15, 0.2) is 16.7 Å². The minimum Gasteiger partial charge on any atom is -0.341 e. The van der Waals surface area contributed by atoms with Gasteiger partial charge in [0.2, 0.25) is 21.8 Å². The lowest BCUT2D eigenvalue weighted by atomic mass is 9.80. The summed E-state index contributed by atoms with van der Waals surface area (Å²) in [4.78, 5) is 19.3. The molecule has 1 aromatic rings. The molecule has 8 nitrogen and oxygen atoms in total. The first-order chi connectivity index (χ1) is 12.8. The molecular formula is C18H26N4O4S. The Morgan fingerprint density at radius 3 is 2.78 bits per heavy atom. The predicted octanol–water partition coefficient (Wildman–Crippen LogP) is 1.14. The van der Waals surface area contributed by atoms with Gasteiger partial charge in [-0.1, -0.05) is 17.3 Å². The Morgan fingerprint density at radius 2 is 2.15 bits per heavy atom. The van der Waals surface area contributed by atoms with Crippen molar-refractivity contribution in [3.05, 3.63) is 23.9 Å². The number of allylic oxidation sites excluding steroid dienone is 2. The van der Waals surface area contributed by atoms with Gasteiger partial charge in [-0.05, 0) is 45.4 Å². The van der Waals surface area contributed by atoms with Gasteiger partial charge in [-0.2, -0.15) is 4.98 Å². The van der Waals surface area contributed by atoms with Crippen LogP contribution >= 0.6 is 0 Å². The first-order valence-electron chi connectivity index (χ1n) is 9.57. The van der Waals surface area contributed by atoms with Crippen LogP contribution in [-0.2, 0) is 20.2 Å². The third-order valence-corrected chi connectivity index (χ3v) is 7.68. The summed E-state index contributed by atoms with van der Waals surface area (Å²) in [6, 6.07) is -0.169. The summed E-state index contributed by atoms with van der Waals surface area (Å²) in [7, 11) is -3.29. The van der Waals surface area contributed by atoms with Crippen molar-refractivity contribution in [2.24, 2.45) is 11.8 Å². The van der Waals surface area contributed by atoms with E-state index in [9.17, 15) is 13.2 Å². The summed E-state index contributed by atoms with van der Waals surface area (Å²) in [5.74, 6) is 1.46. The van der Waals surface area contributed by atoms with Crippen molar-refractivity contribution in [3.8, 4) is 0 Å². The van der Waals surface area contributed by atoms with Crippen LogP contribution in [0.3, 0.4) is 0 Å². The molecule has 1 amide bonds. The zero-order valence-corrected chi connectivity index (χ0v) is 16.5. The summed E-state index contributed by atoms with van der Waals surface area (Å²) in [5, 5.41) is 3.94. The smallest absolute Gasteiger partial charge is 0.235 e. The van der Waals surface area contributed by atoms with E-state index < -0.39 is 15.4 Å². The van der Waals surface area contributed by atoms with Crippen LogP contribution < -0.4 is 4.72 Å². The van der Waals surface area contributed by atoms with E-state index in [2.05, 4.69) is 27.0 Å². The first kappa shape index (κ1) is 18.6. The number of amides is 1. The molecule has 3 aliphatic rings. The molecular weight excluding hydrogens is 368 g/mol. The van der Waals surface area contributed by atoms with Crippen LogP contribution in [0, 0.1) is 18.8 Å². The van der Waals surface area contributed by atoms with Crippen LogP contribution in [0.5, 0.6) is 0 Å². The molecule has 27 heavy (non-hydrogen) atoms. The van der Waals surface area contributed by atoms with Gasteiger partial charge in [0.1, 0.15) is 0 Å². The van der Waals surface area contributed by atoms with Gasteiger partial charge in [0, 0.05) is 25.0 Å². The zero-order chi connectivity index (χ0) is 19.2. The maximum Gasteiger partial charge on any atom is 0.235 e. The molecule has 2 fully saturated rings. The monoisotopic (exact) mass is 394 g/mol. The second-order valence-electron chi connectivity index (χ2n) is 8.02. The molecule has 2 heterocycles. The maximum absolute atomic E-state index is 12.9. The van der Waals surface area contributed by atoms with E-state index in [0.717, 1.165) is 12.8 Å². The van der Waals surface area contributed by atoms with E-state index >= 15 is 0 Å². The zero-order valence-electron chi connectivity index (χ0n) is 15.7. The predicted molar refractivity (Wildman–Crippen MR) is 98.3 cm³/mol.